The summed E-state index contributed by atoms with van der Waals surface area (Å²) in [6, 6.07) is 5.12. The highest BCUT2D eigenvalue weighted by Gasteiger charge is 2.18. The average molecular weight is 291 g/mol. The number of carbonyl (C=O) groups is 1. The smallest absolute Gasteiger partial charge is 0.226 e. The minimum atomic E-state index is -0.283. The van der Waals surface area contributed by atoms with Crippen LogP contribution in [0.25, 0.3) is 0 Å². The Morgan fingerprint density at radius 3 is 2.90 bits per heavy atom. The summed E-state index contributed by atoms with van der Waals surface area (Å²) in [7, 11) is 0. The third kappa shape index (κ3) is 5.07. The molecule has 114 valence electrons. The number of amides is 1. The predicted octanol–water partition coefficient (Wildman–Crippen LogP) is 2.08. The molecule has 0 spiro atoms. The van der Waals surface area contributed by atoms with E-state index >= 15 is 0 Å². The summed E-state index contributed by atoms with van der Waals surface area (Å²) in [6.07, 6.45) is 3.46. The standard InChI is InChI=1S/C15H21N3O3/c1-11(2)9-20-10-13(14-4-3-7-21-14)17-15(19)8-12-5-6-16-18-12/h3-7,11,13H,8-10H2,1-2H3,(H,16,18)(H,17,19)/t13-/m0/s1. The maximum Gasteiger partial charge on any atom is 0.226 e. The maximum absolute atomic E-state index is 12.1. The molecular weight excluding hydrogens is 270 g/mol. The Morgan fingerprint density at radius 2 is 2.29 bits per heavy atom. The topological polar surface area (TPSA) is 80.1 Å². The number of nitrogens with zero attached hydrogens (tertiary/aromatic N) is 1. The Kier molecular flexibility index (Phi) is 5.57. The molecule has 6 heteroatoms. The average Bonchev–Trinajstić information content (AvgIpc) is 3.09. The van der Waals surface area contributed by atoms with Crippen LogP contribution in [0.2, 0.25) is 0 Å². The van der Waals surface area contributed by atoms with Crippen LogP contribution in [0.15, 0.2) is 35.1 Å². The first-order valence-electron chi connectivity index (χ1n) is 7.04. The van der Waals surface area contributed by atoms with Gasteiger partial charge in [0.05, 0.1) is 19.3 Å². The van der Waals surface area contributed by atoms with E-state index in [1.54, 1.807) is 24.6 Å². The molecule has 0 saturated heterocycles. The molecule has 0 unspecified atom stereocenters. The minimum absolute atomic E-state index is 0.103. The third-order valence-electron chi connectivity index (χ3n) is 2.87. The fraction of sp³-hybridized carbons (Fsp3) is 0.467. The Morgan fingerprint density at radius 1 is 1.43 bits per heavy atom. The second kappa shape index (κ2) is 7.64. The molecule has 2 N–H and O–H groups in total. The van der Waals surface area contributed by atoms with Crippen LogP contribution in [0.4, 0.5) is 0 Å². The molecule has 0 fully saturated rings. The molecule has 0 radical (unpaired) electrons. The zero-order valence-electron chi connectivity index (χ0n) is 12.3. The lowest BCUT2D eigenvalue weighted by molar-refractivity contribution is -0.121. The van der Waals surface area contributed by atoms with Crippen LogP contribution in [-0.2, 0) is 16.0 Å². The fourth-order valence-electron chi connectivity index (χ4n) is 1.91. The number of carbonyl (C=O) groups excluding carboxylic acids is 1. The molecule has 1 atom stereocenters. The SMILES string of the molecule is CC(C)COC[C@H](NC(=O)Cc1ccn[nH]1)c1ccco1. The van der Waals surface area contributed by atoms with E-state index in [1.807, 2.05) is 6.07 Å². The van der Waals surface area contributed by atoms with E-state index < -0.39 is 0 Å². The van der Waals surface area contributed by atoms with Crippen molar-refractivity contribution in [2.24, 2.45) is 5.92 Å². The summed E-state index contributed by atoms with van der Waals surface area (Å²) in [4.78, 5) is 12.1. The van der Waals surface area contributed by atoms with Gasteiger partial charge in [0.25, 0.3) is 0 Å². The van der Waals surface area contributed by atoms with Crippen LogP contribution in [0.1, 0.15) is 31.3 Å². The van der Waals surface area contributed by atoms with Crippen LogP contribution >= 0.6 is 0 Å². The van der Waals surface area contributed by atoms with Crippen molar-refractivity contribution in [3.8, 4) is 0 Å². The molecule has 0 bridgehead atoms. The Hall–Kier alpha value is -2.08. The van der Waals surface area contributed by atoms with Gasteiger partial charge in [0.2, 0.25) is 5.91 Å². The van der Waals surface area contributed by atoms with Crippen molar-refractivity contribution >= 4 is 5.91 Å². The van der Waals surface area contributed by atoms with Gasteiger partial charge >= 0.3 is 0 Å². The highest BCUT2D eigenvalue weighted by atomic mass is 16.5. The van der Waals surface area contributed by atoms with Gasteiger partial charge in [-0.3, -0.25) is 9.89 Å². The van der Waals surface area contributed by atoms with Gasteiger partial charge in [-0.1, -0.05) is 13.8 Å². The summed E-state index contributed by atoms with van der Waals surface area (Å²) < 4.78 is 11.0. The van der Waals surface area contributed by atoms with Crippen LogP contribution in [0, 0.1) is 5.92 Å². The van der Waals surface area contributed by atoms with Gasteiger partial charge in [-0.15, -0.1) is 0 Å². The monoisotopic (exact) mass is 291 g/mol. The Bertz CT molecular complexity index is 520. The molecule has 1 amide bonds. The van der Waals surface area contributed by atoms with Crippen molar-refractivity contribution in [1.29, 1.82) is 0 Å². The molecule has 2 rings (SSSR count). The number of aromatic amines is 1. The third-order valence-corrected chi connectivity index (χ3v) is 2.87. The van der Waals surface area contributed by atoms with Gasteiger partial charge in [-0.25, -0.2) is 0 Å². The van der Waals surface area contributed by atoms with E-state index in [0.29, 0.717) is 24.9 Å². The first-order chi connectivity index (χ1) is 10.1. The molecular formula is C15H21N3O3. The zero-order chi connectivity index (χ0) is 15.1. The highest BCUT2D eigenvalue weighted by molar-refractivity contribution is 5.78. The quantitative estimate of drug-likeness (QED) is 0.780. The van der Waals surface area contributed by atoms with Crippen molar-refractivity contribution in [1.82, 2.24) is 15.5 Å². The number of H-pyrrole nitrogens is 1. The molecule has 2 aromatic rings. The number of nitrogens with one attached hydrogen (secondary N) is 2. The first kappa shape index (κ1) is 15.3. The normalized spacial score (nSPS) is 12.5. The van der Waals surface area contributed by atoms with Gasteiger partial charge in [0, 0.05) is 18.5 Å². The summed E-state index contributed by atoms with van der Waals surface area (Å²) >= 11 is 0. The van der Waals surface area contributed by atoms with Crippen molar-refractivity contribution in [2.75, 3.05) is 13.2 Å². The van der Waals surface area contributed by atoms with Gasteiger partial charge in [0.15, 0.2) is 0 Å². The largest absolute Gasteiger partial charge is 0.467 e. The van der Waals surface area contributed by atoms with Gasteiger partial charge < -0.3 is 14.5 Å². The summed E-state index contributed by atoms with van der Waals surface area (Å²) in [5, 5.41) is 9.52. The van der Waals surface area contributed by atoms with Crippen molar-refractivity contribution < 1.29 is 13.9 Å². The predicted molar refractivity (Wildman–Crippen MR) is 77.5 cm³/mol. The van der Waals surface area contributed by atoms with Gasteiger partial charge in [0.1, 0.15) is 11.8 Å². The van der Waals surface area contributed by atoms with Gasteiger partial charge in [-0.2, -0.15) is 5.10 Å². The minimum Gasteiger partial charge on any atom is -0.467 e. The van der Waals surface area contributed by atoms with Crippen molar-refractivity contribution in [3.05, 3.63) is 42.1 Å². The lowest BCUT2D eigenvalue weighted by atomic mass is 10.2. The van der Waals surface area contributed by atoms with E-state index in [0.717, 1.165) is 5.69 Å². The van der Waals surface area contributed by atoms with Crippen LogP contribution in [0.3, 0.4) is 0 Å². The van der Waals surface area contributed by atoms with Crippen LogP contribution in [-0.4, -0.2) is 29.3 Å². The molecule has 0 saturated carbocycles. The molecule has 2 heterocycles. The maximum atomic E-state index is 12.1. The molecule has 0 aliphatic heterocycles. The summed E-state index contributed by atoms with van der Waals surface area (Å²) in [5.74, 6) is 1.04. The second-order valence-electron chi connectivity index (χ2n) is 5.33. The van der Waals surface area contributed by atoms with E-state index in [9.17, 15) is 4.79 Å². The molecule has 6 nitrogen and oxygen atoms in total. The number of hydrogen-bond donors (Lipinski definition) is 2. The molecule has 0 aromatic carbocycles. The van der Waals surface area contributed by atoms with E-state index in [1.165, 1.54) is 0 Å². The van der Waals surface area contributed by atoms with Gasteiger partial charge in [-0.05, 0) is 24.1 Å². The lowest BCUT2D eigenvalue weighted by Crippen LogP contribution is -2.32. The summed E-state index contributed by atoms with van der Waals surface area (Å²) in [5.41, 5.74) is 0.772. The van der Waals surface area contributed by atoms with E-state index in [-0.39, 0.29) is 18.4 Å². The molecule has 2 aromatic heterocycles. The molecule has 0 aliphatic carbocycles. The van der Waals surface area contributed by atoms with E-state index in [2.05, 4.69) is 29.4 Å². The highest BCUT2D eigenvalue weighted by Crippen LogP contribution is 2.14. The first-order valence-corrected chi connectivity index (χ1v) is 7.04. The summed E-state index contributed by atoms with van der Waals surface area (Å²) in [6.45, 7) is 5.20. The number of hydrogen-bond acceptors (Lipinski definition) is 4. The zero-order valence-corrected chi connectivity index (χ0v) is 12.3. The van der Waals surface area contributed by atoms with Crippen LogP contribution < -0.4 is 5.32 Å². The number of aromatic nitrogens is 2. The Labute approximate surface area is 123 Å². The number of furan rings is 1. The Balaban J connectivity index is 1.90. The van der Waals surface area contributed by atoms with Crippen molar-refractivity contribution in [3.63, 3.8) is 0 Å². The number of rotatable bonds is 8. The number of ether oxygens (including phenoxy) is 1. The molecule has 21 heavy (non-hydrogen) atoms. The van der Waals surface area contributed by atoms with Crippen molar-refractivity contribution in [2.45, 2.75) is 26.3 Å². The second-order valence-corrected chi connectivity index (χ2v) is 5.33. The van der Waals surface area contributed by atoms with E-state index in [4.69, 9.17) is 9.15 Å². The fourth-order valence-corrected chi connectivity index (χ4v) is 1.91. The van der Waals surface area contributed by atoms with Crippen LogP contribution in [0.5, 0.6) is 0 Å². The lowest BCUT2D eigenvalue weighted by Gasteiger charge is -2.17. The molecule has 0 aliphatic rings.